The van der Waals surface area contributed by atoms with E-state index in [-0.39, 0.29) is 12.1 Å². The second-order valence-corrected chi connectivity index (χ2v) is 11.4. The molecule has 0 aromatic carbocycles. The van der Waals surface area contributed by atoms with E-state index in [0.717, 1.165) is 70.6 Å². The van der Waals surface area contributed by atoms with Gasteiger partial charge in [-0.15, -0.1) is 0 Å². The molecule has 14 heteroatoms. The maximum Gasteiger partial charge on any atom is 0.451 e. The van der Waals surface area contributed by atoms with E-state index in [9.17, 15) is 26.3 Å². The van der Waals surface area contributed by atoms with E-state index in [0.29, 0.717) is 46.6 Å². The topological polar surface area (TPSA) is 87.2 Å². The van der Waals surface area contributed by atoms with E-state index < -0.39 is 24.0 Å². The van der Waals surface area contributed by atoms with Crippen molar-refractivity contribution in [3.63, 3.8) is 0 Å². The molecule has 4 aromatic heterocycles. The molecule has 4 heterocycles. The Morgan fingerprint density at radius 3 is 1.42 bits per heavy atom. The zero-order valence-corrected chi connectivity index (χ0v) is 24.3. The van der Waals surface area contributed by atoms with Crippen molar-refractivity contribution in [2.24, 2.45) is 0 Å². The first-order chi connectivity index (χ1) is 20.5. The van der Waals surface area contributed by atoms with E-state index in [4.69, 9.17) is 0 Å². The van der Waals surface area contributed by atoms with Crippen LogP contribution in [0.3, 0.4) is 0 Å². The third kappa shape index (κ3) is 6.77. The van der Waals surface area contributed by atoms with Crippen LogP contribution in [-0.4, -0.2) is 39.0 Å². The molecule has 2 aliphatic rings. The van der Waals surface area contributed by atoms with Crippen molar-refractivity contribution in [3.8, 4) is 0 Å². The van der Waals surface area contributed by atoms with Crippen molar-refractivity contribution in [3.05, 3.63) is 35.7 Å². The number of nitrogens with zero attached hydrogens (tertiary/aromatic N) is 8. The van der Waals surface area contributed by atoms with Gasteiger partial charge in [-0.1, -0.05) is 52.4 Å². The lowest BCUT2D eigenvalue weighted by atomic mass is 10.2. The fourth-order valence-electron chi connectivity index (χ4n) is 6.03. The monoisotopic (exact) mass is 610 g/mol. The van der Waals surface area contributed by atoms with Crippen LogP contribution in [0.1, 0.15) is 120 Å². The Labute approximate surface area is 245 Å². The second-order valence-electron chi connectivity index (χ2n) is 11.4. The molecule has 234 valence electrons. The van der Waals surface area contributed by atoms with Crippen LogP contribution in [0.4, 0.5) is 26.3 Å². The van der Waals surface area contributed by atoms with Crippen molar-refractivity contribution >= 4 is 22.3 Å². The molecular formula is C29H36F6N8. The minimum atomic E-state index is -4.53. The zero-order valence-electron chi connectivity index (χ0n) is 24.3. The lowest BCUT2D eigenvalue weighted by Gasteiger charge is -2.13. The number of unbranched alkanes of at least 4 members (excludes halogenated alkanes) is 1. The quantitative estimate of drug-likeness (QED) is 0.196. The fraction of sp³-hybridized carbons (Fsp3) is 0.655. The molecule has 6 rings (SSSR count). The highest BCUT2D eigenvalue weighted by molar-refractivity contribution is 5.74. The summed E-state index contributed by atoms with van der Waals surface area (Å²) in [6, 6.07) is 0.417. The van der Waals surface area contributed by atoms with Crippen LogP contribution in [-0.2, 0) is 25.2 Å². The smallest absolute Gasteiger partial charge is 0.312 e. The first-order valence-corrected chi connectivity index (χ1v) is 15.1. The van der Waals surface area contributed by atoms with Crippen molar-refractivity contribution in [1.82, 2.24) is 39.0 Å². The van der Waals surface area contributed by atoms with Crippen molar-refractivity contribution < 1.29 is 26.3 Å². The number of rotatable bonds is 7. The minimum Gasteiger partial charge on any atom is -0.312 e. The number of aryl methyl sites for hydroxylation is 2. The van der Waals surface area contributed by atoms with Gasteiger partial charge in [0.1, 0.15) is 11.0 Å². The Hall–Kier alpha value is -3.32. The molecule has 0 spiro atoms. The van der Waals surface area contributed by atoms with Gasteiger partial charge in [0, 0.05) is 12.1 Å². The summed E-state index contributed by atoms with van der Waals surface area (Å²) in [6.07, 6.45) is 5.88. The van der Waals surface area contributed by atoms with E-state index in [1.54, 1.807) is 17.2 Å². The summed E-state index contributed by atoms with van der Waals surface area (Å²) in [5.41, 5.74) is 2.50. The summed E-state index contributed by atoms with van der Waals surface area (Å²) in [5.74, 6) is -2.11. The zero-order chi connectivity index (χ0) is 30.8. The highest BCUT2D eigenvalue weighted by Crippen LogP contribution is 2.35. The average molecular weight is 611 g/mol. The fourth-order valence-corrected chi connectivity index (χ4v) is 6.03. The third-order valence-electron chi connectivity index (χ3n) is 8.18. The Morgan fingerprint density at radius 2 is 1.05 bits per heavy atom. The molecule has 0 unspecified atom stereocenters. The van der Waals surface area contributed by atoms with Gasteiger partial charge in [-0.05, 0) is 44.9 Å². The van der Waals surface area contributed by atoms with Crippen molar-refractivity contribution in [2.45, 2.75) is 122 Å². The summed E-state index contributed by atoms with van der Waals surface area (Å²) in [4.78, 5) is 23.6. The molecule has 0 aliphatic heterocycles. The van der Waals surface area contributed by atoms with Crippen LogP contribution >= 0.6 is 0 Å². The van der Waals surface area contributed by atoms with Crippen molar-refractivity contribution in [2.75, 3.05) is 0 Å². The Bertz CT molecular complexity index is 1530. The summed E-state index contributed by atoms with van der Waals surface area (Å²) in [6.45, 7) is 3.91. The highest BCUT2D eigenvalue weighted by atomic mass is 19.4. The molecule has 0 bridgehead atoms. The van der Waals surface area contributed by atoms with E-state index in [2.05, 4.69) is 29.9 Å². The number of imidazole rings is 2. The SMILES string of the molecule is CCCCc1nc(C(F)(F)F)nc2c1ncn2C1CCCC1.CCCc1nc(C(F)(F)F)nc2c1ncn2C1CCCC1. The Kier molecular flexibility index (Phi) is 9.21. The minimum absolute atomic E-state index is 0.208. The lowest BCUT2D eigenvalue weighted by molar-refractivity contribution is -0.145. The normalized spacial score (nSPS) is 16.8. The maximum absolute atomic E-state index is 13.1. The number of hydrogen-bond acceptors (Lipinski definition) is 6. The first kappa shape index (κ1) is 31.1. The molecule has 2 fully saturated rings. The van der Waals surface area contributed by atoms with Gasteiger partial charge in [0.15, 0.2) is 11.3 Å². The van der Waals surface area contributed by atoms with Crippen LogP contribution in [0.15, 0.2) is 12.7 Å². The highest BCUT2D eigenvalue weighted by Gasteiger charge is 2.37. The van der Waals surface area contributed by atoms with Gasteiger partial charge in [-0.3, -0.25) is 0 Å². The van der Waals surface area contributed by atoms with Crippen LogP contribution in [0.25, 0.3) is 22.3 Å². The van der Waals surface area contributed by atoms with Crippen molar-refractivity contribution in [1.29, 1.82) is 0 Å². The van der Waals surface area contributed by atoms with Gasteiger partial charge >= 0.3 is 12.4 Å². The lowest BCUT2D eigenvalue weighted by Crippen LogP contribution is -2.14. The number of alkyl halides is 6. The molecule has 0 amide bonds. The molecule has 2 aliphatic carbocycles. The van der Waals surface area contributed by atoms with Crippen LogP contribution in [0.5, 0.6) is 0 Å². The molecule has 4 aromatic rings. The summed E-state index contributed by atoms with van der Waals surface area (Å²) < 4.78 is 81.8. The Balaban J connectivity index is 0.000000171. The predicted octanol–water partition coefficient (Wildman–Crippen LogP) is 8.22. The van der Waals surface area contributed by atoms with Gasteiger partial charge in [0.05, 0.1) is 24.0 Å². The molecule has 8 nitrogen and oxygen atoms in total. The predicted molar refractivity (Wildman–Crippen MR) is 148 cm³/mol. The van der Waals surface area contributed by atoms with Gasteiger partial charge in [0.2, 0.25) is 11.6 Å². The molecule has 43 heavy (non-hydrogen) atoms. The average Bonchev–Trinajstić information content (AvgIpc) is 3.77. The summed E-state index contributed by atoms with van der Waals surface area (Å²) >= 11 is 0. The van der Waals surface area contributed by atoms with E-state index >= 15 is 0 Å². The van der Waals surface area contributed by atoms with Gasteiger partial charge in [-0.25, -0.2) is 29.9 Å². The first-order valence-electron chi connectivity index (χ1n) is 15.1. The standard InChI is InChI=1S/C15H19F3N4.C14H17F3N4/c1-2-3-8-11-12-13(21-14(20-11)15(16,17)18)22(9-19-12)10-6-4-5-7-10;1-2-5-10-11-12(20-13(19-10)14(15,16)17)21(8-18-11)9-6-3-4-7-9/h9-10H,2-8H2,1H3;8-9H,2-7H2,1H3. The molecule has 2 saturated carbocycles. The molecular weight excluding hydrogens is 574 g/mol. The number of halogens is 6. The van der Waals surface area contributed by atoms with E-state index in [1.165, 1.54) is 0 Å². The van der Waals surface area contributed by atoms with Crippen LogP contribution in [0, 0.1) is 0 Å². The number of fused-ring (bicyclic) bond motifs is 2. The van der Waals surface area contributed by atoms with E-state index in [1.807, 2.05) is 18.4 Å². The Morgan fingerprint density at radius 1 is 0.628 bits per heavy atom. The number of aromatic nitrogens is 8. The maximum atomic E-state index is 13.1. The third-order valence-corrected chi connectivity index (χ3v) is 8.18. The van der Waals surface area contributed by atoms with Gasteiger partial charge in [0.25, 0.3) is 0 Å². The largest absolute Gasteiger partial charge is 0.451 e. The van der Waals surface area contributed by atoms with Gasteiger partial charge < -0.3 is 9.13 Å². The molecule has 0 saturated heterocycles. The molecule has 0 atom stereocenters. The van der Waals surface area contributed by atoms with Crippen LogP contribution in [0.2, 0.25) is 0 Å². The van der Waals surface area contributed by atoms with Gasteiger partial charge in [-0.2, -0.15) is 26.3 Å². The number of hydrogen-bond donors (Lipinski definition) is 0. The van der Waals surface area contributed by atoms with Crippen LogP contribution < -0.4 is 0 Å². The second kappa shape index (κ2) is 12.7. The molecule has 0 N–H and O–H groups in total. The molecule has 0 radical (unpaired) electrons. The summed E-state index contributed by atoms with van der Waals surface area (Å²) in [5, 5.41) is 0. The summed E-state index contributed by atoms with van der Waals surface area (Å²) in [7, 11) is 0.